The summed E-state index contributed by atoms with van der Waals surface area (Å²) in [5.74, 6) is 0. The van der Waals surface area contributed by atoms with Crippen molar-refractivity contribution in [3.63, 3.8) is 0 Å². The minimum Gasteiger partial charge on any atom is -0.473 e. The van der Waals surface area contributed by atoms with Crippen LogP contribution in [0.4, 0.5) is 0 Å². The molecule has 3 nitrogen and oxygen atoms in total. The Morgan fingerprint density at radius 1 is 1.43 bits per heavy atom. The van der Waals surface area contributed by atoms with Gasteiger partial charge in [0.2, 0.25) is 0 Å². The lowest BCUT2D eigenvalue weighted by atomic mass is 10.0. The van der Waals surface area contributed by atoms with Crippen molar-refractivity contribution in [2.45, 2.75) is 13.8 Å². The first-order valence-corrected chi connectivity index (χ1v) is 7.48. The number of hydrogen-bond donors (Lipinski definition) is 1. The lowest BCUT2D eigenvalue weighted by molar-refractivity contribution is 0.406. The van der Waals surface area contributed by atoms with Crippen molar-refractivity contribution in [3.05, 3.63) is 59.5 Å². The van der Waals surface area contributed by atoms with Gasteiger partial charge in [-0.05, 0) is 32.0 Å². The molecule has 3 aromatic rings. The van der Waals surface area contributed by atoms with Crippen molar-refractivity contribution < 1.29 is 4.74 Å². The number of nitrogens with zero attached hydrogens (tertiary/aromatic N) is 1. The molecule has 106 valence electrons. The van der Waals surface area contributed by atoms with Crippen molar-refractivity contribution in [1.82, 2.24) is 9.97 Å². The summed E-state index contributed by atoms with van der Waals surface area (Å²) < 4.78 is 5.21. The highest BCUT2D eigenvalue weighted by Gasteiger charge is 2.15. The molecule has 0 saturated carbocycles. The quantitative estimate of drug-likeness (QED) is 0.678. The predicted molar refractivity (Wildman–Crippen MR) is 89.1 cm³/mol. The molecule has 0 radical (unpaired) electrons. The fraction of sp³-hybridized carbons (Fsp3) is 0.118. The van der Waals surface area contributed by atoms with E-state index in [2.05, 4.69) is 35.6 Å². The normalized spacial score (nSPS) is 11.8. The highest BCUT2D eigenvalue weighted by atomic mass is 32.1. The van der Waals surface area contributed by atoms with Crippen molar-refractivity contribution >= 4 is 27.9 Å². The number of fused-ring (bicyclic) bond motifs is 1. The molecule has 3 heterocycles. The number of H-pyrrole nitrogens is 1. The minimum absolute atomic E-state index is 0.909. The van der Waals surface area contributed by atoms with Gasteiger partial charge in [-0.25, -0.2) is 4.98 Å². The van der Waals surface area contributed by atoms with Gasteiger partial charge in [0.15, 0.2) is 0 Å². The second-order valence-electron chi connectivity index (χ2n) is 4.81. The third-order valence-corrected chi connectivity index (χ3v) is 4.48. The third-order valence-electron chi connectivity index (χ3n) is 3.30. The van der Waals surface area contributed by atoms with Gasteiger partial charge in [-0.15, -0.1) is 11.3 Å². The molecule has 0 unspecified atom stereocenters. The minimum atomic E-state index is 0.909. The van der Waals surface area contributed by atoms with Crippen molar-refractivity contribution in [2.24, 2.45) is 0 Å². The number of allylic oxidation sites excluding steroid dienone is 1. The largest absolute Gasteiger partial charge is 0.473 e. The molecule has 0 spiro atoms. The average Bonchev–Trinajstić information content (AvgIpc) is 3.07. The van der Waals surface area contributed by atoms with E-state index in [1.54, 1.807) is 23.8 Å². The molecular formula is C17H16N2OS. The van der Waals surface area contributed by atoms with Crippen molar-refractivity contribution in [3.8, 4) is 11.1 Å². The zero-order valence-corrected chi connectivity index (χ0v) is 12.8. The standard InChI is InChI=1S/C17H16N2OS/c1-4-20-10-11(2)16-14(8-12(3)21-16)15-9-19-17-13(15)6-5-7-18-17/h4-10H,1H2,2-3H3,(H,18,19)/b11-10+. The van der Waals surface area contributed by atoms with Gasteiger partial charge in [-0.2, -0.15) is 0 Å². The molecule has 0 aliphatic rings. The zero-order chi connectivity index (χ0) is 14.8. The molecule has 1 N–H and O–H groups in total. The Bertz CT molecular complexity index is 826. The van der Waals surface area contributed by atoms with Gasteiger partial charge < -0.3 is 9.72 Å². The summed E-state index contributed by atoms with van der Waals surface area (Å²) in [6.07, 6.45) is 6.98. The van der Waals surface area contributed by atoms with Crippen LogP contribution in [0.25, 0.3) is 27.7 Å². The highest BCUT2D eigenvalue weighted by molar-refractivity contribution is 7.13. The summed E-state index contributed by atoms with van der Waals surface area (Å²) >= 11 is 1.76. The van der Waals surface area contributed by atoms with Crippen LogP contribution >= 0.6 is 11.3 Å². The monoisotopic (exact) mass is 296 g/mol. The van der Waals surface area contributed by atoms with Gasteiger partial charge in [0, 0.05) is 44.2 Å². The van der Waals surface area contributed by atoms with E-state index in [-0.39, 0.29) is 0 Å². The van der Waals surface area contributed by atoms with Crippen LogP contribution < -0.4 is 0 Å². The van der Waals surface area contributed by atoms with E-state index in [0.717, 1.165) is 16.6 Å². The predicted octanol–water partition coefficient (Wildman–Crippen LogP) is 5.12. The number of pyridine rings is 1. The van der Waals surface area contributed by atoms with Crippen LogP contribution in [0.5, 0.6) is 0 Å². The van der Waals surface area contributed by atoms with Gasteiger partial charge >= 0.3 is 0 Å². The number of hydrogen-bond acceptors (Lipinski definition) is 3. The summed E-state index contributed by atoms with van der Waals surface area (Å²) in [5.41, 5.74) is 4.37. The molecule has 0 atom stereocenters. The molecule has 0 saturated heterocycles. The van der Waals surface area contributed by atoms with E-state index in [1.165, 1.54) is 27.1 Å². The van der Waals surface area contributed by atoms with Gasteiger partial charge in [-0.1, -0.05) is 6.58 Å². The Morgan fingerprint density at radius 3 is 3.10 bits per heavy atom. The zero-order valence-electron chi connectivity index (χ0n) is 12.0. The van der Waals surface area contributed by atoms with Gasteiger partial charge in [-0.3, -0.25) is 0 Å². The Morgan fingerprint density at radius 2 is 2.29 bits per heavy atom. The van der Waals surface area contributed by atoms with Crippen LogP contribution in [0.1, 0.15) is 16.7 Å². The number of aromatic amines is 1. The van der Waals surface area contributed by atoms with E-state index >= 15 is 0 Å². The second-order valence-corrected chi connectivity index (χ2v) is 6.06. The number of thiophene rings is 1. The Hall–Kier alpha value is -2.33. The summed E-state index contributed by atoms with van der Waals surface area (Å²) in [5, 5.41) is 1.13. The average molecular weight is 296 g/mol. The number of ether oxygens (including phenoxy) is 1. The molecule has 0 fully saturated rings. The summed E-state index contributed by atoms with van der Waals surface area (Å²) in [4.78, 5) is 10.1. The van der Waals surface area contributed by atoms with E-state index in [0.29, 0.717) is 0 Å². The van der Waals surface area contributed by atoms with Crippen molar-refractivity contribution in [1.29, 1.82) is 0 Å². The number of aromatic nitrogens is 2. The number of rotatable bonds is 4. The fourth-order valence-electron chi connectivity index (χ4n) is 2.39. The topological polar surface area (TPSA) is 37.9 Å². The summed E-state index contributed by atoms with van der Waals surface area (Å²) in [6.45, 7) is 7.73. The van der Waals surface area contributed by atoms with E-state index in [4.69, 9.17) is 4.74 Å². The maximum absolute atomic E-state index is 5.21. The van der Waals surface area contributed by atoms with Crippen LogP contribution in [-0.4, -0.2) is 9.97 Å². The molecule has 21 heavy (non-hydrogen) atoms. The second kappa shape index (κ2) is 5.58. The first-order chi connectivity index (χ1) is 10.2. The maximum Gasteiger partial charge on any atom is 0.137 e. The Kier molecular flexibility index (Phi) is 3.62. The third kappa shape index (κ3) is 2.50. The fourth-order valence-corrected chi connectivity index (χ4v) is 3.38. The molecular weight excluding hydrogens is 280 g/mol. The SMILES string of the molecule is C=CO/C=C(\C)c1sc(C)cc1-c1c[nH]c2ncccc12. The number of aryl methyl sites for hydroxylation is 1. The Labute approximate surface area is 127 Å². The van der Waals surface area contributed by atoms with Crippen LogP contribution in [0.15, 0.2) is 49.7 Å². The lowest BCUT2D eigenvalue weighted by Crippen LogP contribution is -1.81. The van der Waals surface area contributed by atoms with Gasteiger partial charge in [0.05, 0.1) is 12.5 Å². The summed E-state index contributed by atoms with van der Waals surface area (Å²) in [6, 6.07) is 6.26. The van der Waals surface area contributed by atoms with Crippen LogP contribution in [-0.2, 0) is 4.74 Å². The molecule has 0 bridgehead atoms. The lowest BCUT2D eigenvalue weighted by Gasteiger charge is -2.03. The van der Waals surface area contributed by atoms with E-state index < -0.39 is 0 Å². The maximum atomic E-state index is 5.21. The molecule has 0 aromatic carbocycles. The molecule has 4 heteroatoms. The Balaban J connectivity index is 2.17. The first-order valence-electron chi connectivity index (χ1n) is 6.67. The van der Waals surface area contributed by atoms with Crippen LogP contribution in [0.3, 0.4) is 0 Å². The smallest absolute Gasteiger partial charge is 0.137 e. The highest BCUT2D eigenvalue weighted by Crippen LogP contribution is 2.38. The van der Waals surface area contributed by atoms with Crippen LogP contribution in [0, 0.1) is 6.92 Å². The molecule has 0 amide bonds. The molecule has 0 aliphatic carbocycles. The number of nitrogens with one attached hydrogen (secondary N) is 1. The first kappa shape index (κ1) is 13.6. The molecule has 0 aliphatic heterocycles. The molecule has 3 rings (SSSR count). The van der Waals surface area contributed by atoms with Gasteiger partial charge in [0.1, 0.15) is 5.65 Å². The van der Waals surface area contributed by atoms with E-state index in [1.807, 2.05) is 19.2 Å². The van der Waals surface area contributed by atoms with E-state index in [9.17, 15) is 0 Å². The van der Waals surface area contributed by atoms with Gasteiger partial charge in [0.25, 0.3) is 0 Å². The molecule has 3 aromatic heterocycles. The summed E-state index contributed by atoms with van der Waals surface area (Å²) in [7, 11) is 0. The van der Waals surface area contributed by atoms with Crippen LogP contribution in [0.2, 0.25) is 0 Å². The van der Waals surface area contributed by atoms with Crippen molar-refractivity contribution in [2.75, 3.05) is 0 Å².